The van der Waals surface area contributed by atoms with Gasteiger partial charge in [-0.3, -0.25) is 0 Å². The van der Waals surface area contributed by atoms with Crippen molar-refractivity contribution in [3.05, 3.63) is 11.7 Å². The van der Waals surface area contributed by atoms with Crippen LogP contribution in [0.4, 0.5) is 0 Å². The van der Waals surface area contributed by atoms with Crippen LogP contribution in [0.5, 0.6) is 0 Å². The average Bonchev–Trinajstić information content (AvgIpc) is 2.91. The molecule has 24 heavy (non-hydrogen) atoms. The zero-order valence-corrected chi connectivity index (χ0v) is 15.0. The van der Waals surface area contributed by atoms with E-state index in [-0.39, 0.29) is 12.6 Å². The summed E-state index contributed by atoms with van der Waals surface area (Å²) >= 11 is 0. The van der Waals surface area contributed by atoms with Gasteiger partial charge in [0.1, 0.15) is 6.61 Å². The Morgan fingerprint density at radius 3 is 2.58 bits per heavy atom. The van der Waals surface area contributed by atoms with Gasteiger partial charge in [0.25, 0.3) is 16.1 Å². The predicted molar refractivity (Wildman–Crippen MR) is 87.3 cm³/mol. The molecule has 0 N–H and O–H groups in total. The molecule has 1 atom stereocenters. The third-order valence-corrected chi connectivity index (χ3v) is 6.74. The van der Waals surface area contributed by atoms with Crippen LogP contribution in [-0.4, -0.2) is 53.9 Å². The summed E-state index contributed by atoms with van der Waals surface area (Å²) in [5.74, 6) is 0.830. The molecule has 0 aliphatic carbocycles. The Bertz CT molecular complexity index is 627. The van der Waals surface area contributed by atoms with E-state index in [0.717, 1.165) is 44.9 Å². The molecule has 136 valence electrons. The minimum absolute atomic E-state index is 0.235. The maximum Gasteiger partial charge on any atom is 0.282 e. The van der Waals surface area contributed by atoms with Crippen LogP contribution in [0.15, 0.2) is 4.52 Å². The summed E-state index contributed by atoms with van der Waals surface area (Å²) in [5, 5.41) is 4.02. The maximum absolute atomic E-state index is 13.2. The molecule has 0 saturated carbocycles. The first kappa shape index (κ1) is 17.8. The van der Waals surface area contributed by atoms with Gasteiger partial charge >= 0.3 is 0 Å². The van der Waals surface area contributed by atoms with Crippen molar-refractivity contribution in [1.82, 2.24) is 18.8 Å². The van der Waals surface area contributed by atoms with E-state index in [1.807, 2.05) is 0 Å². The Morgan fingerprint density at radius 2 is 1.83 bits per heavy atom. The molecule has 0 bridgehead atoms. The zero-order chi connectivity index (χ0) is 17.0. The lowest BCUT2D eigenvalue weighted by atomic mass is 10.1. The van der Waals surface area contributed by atoms with Crippen molar-refractivity contribution in [1.29, 1.82) is 0 Å². The lowest BCUT2D eigenvalue weighted by Gasteiger charge is -2.34. The molecule has 9 heteroatoms. The molecular formula is C15H26N4O4S. The van der Waals surface area contributed by atoms with Crippen molar-refractivity contribution in [2.24, 2.45) is 0 Å². The molecule has 8 nitrogen and oxygen atoms in total. The Balaban J connectivity index is 1.86. The minimum Gasteiger partial charge on any atom is -0.375 e. The lowest BCUT2D eigenvalue weighted by Crippen LogP contribution is -2.47. The van der Waals surface area contributed by atoms with Crippen molar-refractivity contribution in [3.8, 4) is 0 Å². The fourth-order valence-corrected chi connectivity index (χ4v) is 5.34. The van der Waals surface area contributed by atoms with Gasteiger partial charge in [0, 0.05) is 26.7 Å². The highest BCUT2D eigenvalue weighted by Gasteiger charge is 2.38. The minimum atomic E-state index is -3.50. The first-order valence-electron chi connectivity index (χ1n) is 8.71. The summed E-state index contributed by atoms with van der Waals surface area (Å²) in [6.45, 7) is 1.95. The molecule has 3 rings (SSSR count). The van der Waals surface area contributed by atoms with Crippen LogP contribution in [0.3, 0.4) is 0 Å². The summed E-state index contributed by atoms with van der Waals surface area (Å²) in [5.41, 5.74) is 0. The molecule has 1 aromatic heterocycles. The van der Waals surface area contributed by atoms with Crippen molar-refractivity contribution in [3.63, 3.8) is 0 Å². The summed E-state index contributed by atoms with van der Waals surface area (Å²) in [6.07, 6.45) is 6.53. The zero-order valence-electron chi connectivity index (χ0n) is 14.2. The van der Waals surface area contributed by atoms with Crippen molar-refractivity contribution in [2.75, 3.05) is 26.7 Å². The van der Waals surface area contributed by atoms with Crippen molar-refractivity contribution < 1.29 is 17.7 Å². The molecule has 2 aliphatic rings. The number of piperidine rings is 1. The standard InChI is InChI=1S/C15H26N4O4S/c1-22-12-14-16-15(17-23-14)13-8-4-2-7-11-19(13)24(20,21)18-9-5-3-6-10-18/h13H,2-12H2,1H3/t13-/m1/s1. The van der Waals surface area contributed by atoms with E-state index in [4.69, 9.17) is 9.26 Å². The highest BCUT2D eigenvalue weighted by atomic mass is 32.2. The normalized spacial score (nSPS) is 24.8. The van der Waals surface area contributed by atoms with Gasteiger partial charge in [-0.25, -0.2) is 0 Å². The molecule has 0 spiro atoms. The van der Waals surface area contributed by atoms with Gasteiger partial charge in [-0.15, -0.1) is 0 Å². The van der Waals surface area contributed by atoms with Gasteiger partial charge in [-0.2, -0.15) is 22.0 Å². The van der Waals surface area contributed by atoms with E-state index in [2.05, 4.69) is 10.1 Å². The number of aromatic nitrogens is 2. The van der Waals surface area contributed by atoms with E-state index < -0.39 is 10.2 Å². The van der Waals surface area contributed by atoms with Crippen LogP contribution in [-0.2, 0) is 21.6 Å². The molecule has 2 saturated heterocycles. The van der Waals surface area contributed by atoms with Crippen LogP contribution in [0, 0.1) is 0 Å². The number of hydrogen-bond acceptors (Lipinski definition) is 6. The quantitative estimate of drug-likeness (QED) is 0.798. The SMILES string of the molecule is COCc1nc([C@H]2CCCCCN2S(=O)(=O)N2CCCCC2)no1. The van der Waals surface area contributed by atoms with Crippen LogP contribution in [0.2, 0.25) is 0 Å². The van der Waals surface area contributed by atoms with Gasteiger partial charge in [-0.1, -0.05) is 24.4 Å². The first-order chi connectivity index (χ1) is 11.6. The summed E-state index contributed by atoms with van der Waals surface area (Å²) in [6, 6.07) is -0.353. The van der Waals surface area contributed by atoms with E-state index in [1.54, 1.807) is 15.7 Å². The molecule has 0 unspecified atom stereocenters. The molecule has 2 aliphatic heterocycles. The number of rotatable bonds is 5. The van der Waals surface area contributed by atoms with Crippen LogP contribution >= 0.6 is 0 Å². The Hall–Kier alpha value is -1.03. The Kier molecular flexibility index (Phi) is 5.85. The van der Waals surface area contributed by atoms with Crippen LogP contribution in [0.1, 0.15) is 62.7 Å². The van der Waals surface area contributed by atoms with Gasteiger partial charge in [-0.05, 0) is 25.7 Å². The molecule has 0 amide bonds. The fraction of sp³-hybridized carbons (Fsp3) is 0.867. The molecule has 0 aromatic carbocycles. The number of ether oxygens (including phenoxy) is 1. The van der Waals surface area contributed by atoms with E-state index in [1.165, 1.54) is 0 Å². The highest BCUT2D eigenvalue weighted by molar-refractivity contribution is 7.86. The summed E-state index contributed by atoms with van der Waals surface area (Å²) in [4.78, 5) is 4.35. The first-order valence-corrected chi connectivity index (χ1v) is 10.1. The molecule has 0 radical (unpaired) electrons. The Labute approximate surface area is 143 Å². The van der Waals surface area contributed by atoms with E-state index in [0.29, 0.717) is 31.3 Å². The number of methoxy groups -OCH3 is 1. The topological polar surface area (TPSA) is 88.8 Å². The van der Waals surface area contributed by atoms with Crippen LogP contribution < -0.4 is 0 Å². The molecule has 1 aromatic rings. The molecular weight excluding hydrogens is 332 g/mol. The van der Waals surface area contributed by atoms with Crippen molar-refractivity contribution in [2.45, 2.75) is 57.6 Å². The van der Waals surface area contributed by atoms with Crippen LogP contribution in [0.25, 0.3) is 0 Å². The summed E-state index contributed by atoms with van der Waals surface area (Å²) in [7, 11) is -1.94. The van der Waals surface area contributed by atoms with E-state index in [9.17, 15) is 8.42 Å². The third-order valence-electron chi connectivity index (χ3n) is 4.69. The van der Waals surface area contributed by atoms with Crippen molar-refractivity contribution >= 4 is 10.2 Å². The average molecular weight is 358 g/mol. The molecule has 3 heterocycles. The maximum atomic E-state index is 13.2. The number of nitrogens with zero attached hydrogens (tertiary/aromatic N) is 4. The monoisotopic (exact) mass is 358 g/mol. The largest absolute Gasteiger partial charge is 0.375 e. The van der Waals surface area contributed by atoms with Gasteiger partial charge in [0.15, 0.2) is 5.82 Å². The van der Waals surface area contributed by atoms with Gasteiger partial charge in [0.2, 0.25) is 0 Å². The van der Waals surface area contributed by atoms with Gasteiger partial charge < -0.3 is 9.26 Å². The lowest BCUT2D eigenvalue weighted by molar-refractivity contribution is 0.151. The highest BCUT2D eigenvalue weighted by Crippen LogP contribution is 2.32. The smallest absolute Gasteiger partial charge is 0.282 e. The predicted octanol–water partition coefficient (Wildman–Crippen LogP) is 1.86. The second-order valence-electron chi connectivity index (χ2n) is 6.42. The van der Waals surface area contributed by atoms with Gasteiger partial charge in [0.05, 0.1) is 6.04 Å². The second-order valence-corrected chi connectivity index (χ2v) is 8.30. The summed E-state index contributed by atoms with van der Waals surface area (Å²) < 4.78 is 39.7. The second kappa shape index (κ2) is 7.90. The Morgan fingerprint density at radius 1 is 1.12 bits per heavy atom. The number of hydrogen-bond donors (Lipinski definition) is 0. The third kappa shape index (κ3) is 3.79. The molecule has 2 fully saturated rings. The van der Waals surface area contributed by atoms with E-state index >= 15 is 0 Å². The fourth-order valence-electron chi connectivity index (χ4n) is 3.45.